The van der Waals surface area contributed by atoms with Gasteiger partial charge in [0.1, 0.15) is 30.8 Å². The van der Waals surface area contributed by atoms with Crippen LogP contribution in [0.15, 0.2) is 77.6 Å². The smallest absolute Gasteiger partial charge is 0.363 e. The van der Waals surface area contributed by atoms with E-state index in [0.717, 1.165) is 35.3 Å². The molecule has 3 aromatic carbocycles. The second-order valence-corrected chi connectivity index (χ2v) is 24.3. The van der Waals surface area contributed by atoms with Crippen molar-refractivity contribution in [2.45, 2.75) is 108 Å². The van der Waals surface area contributed by atoms with Crippen LogP contribution in [-0.2, 0) is 51.6 Å². The van der Waals surface area contributed by atoms with E-state index in [1.165, 1.54) is 38.3 Å². The number of thiophene rings is 1. The molecule has 5 saturated heterocycles. The topological polar surface area (TPSA) is 242 Å². The van der Waals surface area contributed by atoms with Crippen molar-refractivity contribution < 1.29 is 57.0 Å². The van der Waals surface area contributed by atoms with E-state index < -0.39 is 67.0 Å². The van der Waals surface area contributed by atoms with E-state index in [4.69, 9.17) is 9.47 Å². The molecule has 2 aromatic heterocycles. The SMILES string of the molecule is Cn1c(=O)n(C2CCC(=O)NC2=O)c2ccc(CN3C4CCC3CN(C(=O)CO[C@@H]3CCN(C(=O)[C@@H](NC(=O)c5cc6cc(C(F)P(=O)(O)O)ccc6s5)C(C)(C)C)[C@@H]3C(=O)N3CCO[C@H](c5ccccc5)C3)C4)cc21. The number of fused-ring (bicyclic) bond motifs is 4. The Morgan fingerprint density at radius 2 is 1.64 bits per heavy atom. The van der Waals surface area contributed by atoms with Crippen LogP contribution in [0.4, 0.5) is 4.39 Å². The number of hydrogen-bond acceptors (Lipinski definition) is 12. The number of piperidine rings is 1. The molecule has 23 heteroatoms. The highest BCUT2D eigenvalue weighted by molar-refractivity contribution is 7.51. The van der Waals surface area contributed by atoms with Crippen LogP contribution in [0.2, 0.25) is 0 Å². The highest BCUT2D eigenvalue weighted by atomic mass is 32.1. The summed E-state index contributed by atoms with van der Waals surface area (Å²) in [6.45, 7) is 7.35. The van der Waals surface area contributed by atoms with Gasteiger partial charge in [0, 0.05) is 63.0 Å². The number of aryl methyl sites for hydroxylation is 1. The maximum Gasteiger partial charge on any atom is 0.363 e. The molecule has 10 rings (SSSR count). The average Bonchev–Trinajstić information content (AvgIpc) is 4.14. The Morgan fingerprint density at radius 3 is 2.34 bits per heavy atom. The van der Waals surface area contributed by atoms with Crippen LogP contribution in [-0.4, -0.2) is 150 Å². The molecule has 0 saturated carbocycles. The highest BCUT2D eigenvalue weighted by Crippen LogP contribution is 2.53. The molecule has 4 N–H and O–H groups in total. The Bertz CT molecular complexity index is 3210. The first-order valence-electron chi connectivity index (χ1n) is 25.6. The fourth-order valence-corrected chi connectivity index (χ4v) is 13.1. The van der Waals surface area contributed by atoms with Crippen molar-refractivity contribution in [3.8, 4) is 0 Å². The summed E-state index contributed by atoms with van der Waals surface area (Å²) in [5.41, 5.74) is 1.68. The Labute approximate surface area is 441 Å². The zero-order valence-corrected chi connectivity index (χ0v) is 44.3. The van der Waals surface area contributed by atoms with Gasteiger partial charge in [0.15, 0.2) is 0 Å². The van der Waals surface area contributed by atoms with E-state index in [0.29, 0.717) is 40.8 Å². The molecule has 5 aliphatic rings. The number of nitrogens with zero attached hydrogens (tertiary/aromatic N) is 6. The quantitative estimate of drug-likeness (QED) is 0.0952. The third kappa shape index (κ3) is 10.5. The van der Waals surface area contributed by atoms with Crippen LogP contribution in [0.3, 0.4) is 0 Å². The summed E-state index contributed by atoms with van der Waals surface area (Å²) in [5.74, 6) is -5.12. The van der Waals surface area contributed by atoms with Crippen molar-refractivity contribution >= 4 is 75.5 Å². The van der Waals surface area contributed by atoms with Gasteiger partial charge in [-0.2, -0.15) is 0 Å². The Morgan fingerprint density at radius 1 is 0.908 bits per heavy atom. The Kier molecular flexibility index (Phi) is 14.7. The molecule has 6 amide bonds. The van der Waals surface area contributed by atoms with E-state index in [9.17, 15) is 47.5 Å². The number of imidazole rings is 1. The highest BCUT2D eigenvalue weighted by Gasteiger charge is 2.50. The number of hydrogen-bond donors (Lipinski definition) is 4. The van der Waals surface area contributed by atoms with Crippen LogP contribution in [0, 0.1) is 5.41 Å². The lowest BCUT2D eigenvalue weighted by molar-refractivity contribution is -0.156. The standard InChI is InChI=1S/C53H62FN8O12PS/c1-53(2,3)46(56-49(66)42-24-33-23-32(11-16-41(33)76-42)47(54)75(70,71)72)51(68)60-19-18-39(45(60)50(67)58-20-21-73-40(28-58)31-8-6-5-7-9-31)74-29-44(64)59-26-34-12-13-35(27-59)61(34)25-30-10-14-36-38(22-30)57(4)52(69)62(36)37-15-17-43(63)55-48(37)65/h5-11,14,16,22-24,34-35,37,39-40,45-47H,12-13,15,17-21,25-29H2,1-4H3,(H,56,66)(H,55,63,65)(H2,70,71,72)/t34?,35?,37?,39-,40+,45+,46-,47?/m1/s1. The predicted octanol–water partition coefficient (Wildman–Crippen LogP) is 4.28. The fraction of sp³-hybridized carbons (Fsp3) is 0.491. The molecule has 8 atom stereocenters. The van der Waals surface area contributed by atoms with Crippen LogP contribution in [0.1, 0.15) is 97.3 Å². The van der Waals surface area contributed by atoms with Crippen molar-refractivity contribution in [1.29, 1.82) is 0 Å². The second-order valence-electron chi connectivity index (χ2n) is 21.6. The van der Waals surface area contributed by atoms with Gasteiger partial charge in [0.05, 0.1) is 35.2 Å². The molecule has 20 nitrogen and oxygen atoms in total. The summed E-state index contributed by atoms with van der Waals surface area (Å²) in [6, 6.07) is 17.8. The first-order chi connectivity index (χ1) is 36.1. The number of halogens is 1. The number of likely N-dealkylation sites (tertiary alicyclic amines) is 2. The summed E-state index contributed by atoms with van der Waals surface area (Å²) < 4.78 is 42.4. The lowest BCUT2D eigenvalue weighted by Crippen LogP contribution is -2.60. The molecule has 5 aliphatic heterocycles. The molecule has 76 heavy (non-hydrogen) atoms. The number of aromatic nitrogens is 2. The van der Waals surface area contributed by atoms with Gasteiger partial charge in [-0.05, 0) is 83.5 Å². The number of nitrogens with one attached hydrogen (secondary N) is 2. The third-order valence-electron chi connectivity index (χ3n) is 15.6. The molecule has 0 radical (unpaired) electrons. The van der Waals surface area contributed by atoms with Crippen LogP contribution in [0.5, 0.6) is 0 Å². The first kappa shape index (κ1) is 53.3. The van der Waals surface area contributed by atoms with E-state index in [1.54, 1.807) is 37.6 Å². The lowest BCUT2D eigenvalue weighted by atomic mass is 9.85. The molecular formula is C53H62FN8O12PS. The molecule has 2 bridgehead atoms. The third-order valence-corrected chi connectivity index (χ3v) is 17.6. The van der Waals surface area contributed by atoms with Gasteiger partial charge in [-0.1, -0.05) is 63.2 Å². The van der Waals surface area contributed by atoms with E-state index in [1.807, 2.05) is 48.5 Å². The molecule has 0 spiro atoms. The first-order valence-corrected chi connectivity index (χ1v) is 28.1. The van der Waals surface area contributed by atoms with Gasteiger partial charge < -0.3 is 39.3 Å². The van der Waals surface area contributed by atoms with Crippen molar-refractivity contribution in [3.05, 3.63) is 105 Å². The zero-order chi connectivity index (χ0) is 54.0. The zero-order valence-electron chi connectivity index (χ0n) is 42.6. The number of morpholine rings is 1. The molecule has 4 unspecified atom stereocenters. The summed E-state index contributed by atoms with van der Waals surface area (Å²) >= 11 is 1.07. The normalized spacial score (nSPS) is 24.3. The molecule has 404 valence electrons. The predicted molar refractivity (Wildman–Crippen MR) is 278 cm³/mol. The van der Waals surface area contributed by atoms with Crippen molar-refractivity contribution in [2.24, 2.45) is 12.5 Å². The molecular weight excluding hydrogens is 1020 g/mol. The number of alkyl halides is 1. The number of piperazine rings is 1. The summed E-state index contributed by atoms with van der Waals surface area (Å²) in [6.07, 6.45) is 1.08. The number of ether oxygens (including phenoxy) is 2. The average molecular weight is 1090 g/mol. The van der Waals surface area contributed by atoms with Gasteiger partial charge in [0.25, 0.3) is 5.91 Å². The molecule has 5 fully saturated rings. The van der Waals surface area contributed by atoms with Crippen molar-refractivity contribution in [2.75, 3.05) is 45.9 Å². The largest absolute Gasteiger partial charge is 0.370 e. The molecule has 5 aromatic rings. The fourth-order valence-electron chi connectivity index (χ4n) is 11.6. The van der Waals surface area contributed by atoms with Gasteiger partial charge in [-0.25, -0.2) is 9.18 Å². The number of imide groups is 1. The van der Waals surface area contributed by atoms with Gasteiger partial charge in [0.2, 0.25) is 35.4 Å². The van der Waals surface area contributed by atoms with E-state index in [-0.39, 0.29) is 98.0 Å². The van der Waals surface area contributed by atoms with Crippen LogP contribution < -0.4 is 16.3 Å². The van der Waals surface area contributed by atoms with E-state index >= 15 is 4.79 Å². The van der Waals surface area contributed by atoms with E-state index in [2.05, 4.69) is 15.5 Å². The molecule has 0 aliphatic carbocycles. The minimum absolute atomic E-state index is 0.0491. The van der Waals surface area contributed by atoms with Gasteiger partial charge in [-0.3, -0.25) is 52.7 Å². The van der Waals surface area contributed by atoms with Crippen LogP contribution in [0.25, 0.3) is 21.1 Å². The number of benzene rings is 3. The van der Waals surface area contributed by atoms with Gasteiger partial charge >= 0.3 is 13.3 Å². The summed E-state index contributed by atoms with van der Waals surface area (Å²) in [7, 11) is -3.42. The molecule has 7 heterocycles. The maximum atomic E-state index is 15.0. The number of carbonyl (C=O) groups excluding carboxylic acids is 6. The Balaban J connectivity index is 0.835. The van der Waals surface area contributed by atoms with Crippen molar-refractivity contribution in [3.63, 3.8) is 0 Å². The van der Waals surface area contributed by atoms with Crippen LogP contribution >= 0.6 is 18.9 Å². The summed E-state index contributed by atoms with van der Waals surface area (Å²) in [4.78, 5) is 123. The number of amides is 6. The van der Waals surface area contributed by atoms with Gasteiger partial charge in [-0.15, -0.1) is 11.3 Å². The number of carbonyl (C=O) groups is 6. The number of rotatable bonds is 13. The summed E-state index contributed by atoms with van der Waals surface area (Å²) in [5, 5.41) is 5.64. The lowest BCUT2D eigenvalue weighted by Gasteiger charge is -2.41. The monoisotopic (exact) mass is 1080 g/mol. The maximum absolute atomic E-state index is 15.0. The van der Waals surface area contributed by atoms with Crippen molar-refractivity contribution in [1.82, 2.24) is 39.4 Å². The minimum Gasteiger partial charge on any atom is -0.370 e. The Hall–Kier alpha value is -6.13. The minimum atomic E-state index is -5.08. The second kappa shape index (κ2) is 21.0.